The van der Waals surface area contributed by atoms with Crippen LogP contribution in [0, 0.1) is 0 Å². The van der Waals surface area contributed by atoms with Crippen LogP contribution in [0.2, 0.25) is 0 Å². The Morgan fingerprint density at radius 1 is 1.19 bits per heavy atom. The molecule has 0 aromatic heterocycles. The Labute approximate surface area is 128 Å². The third-order valence-electron chi connectivity index (χ3n) is 3.26. The third kappa shape index (κ3) is 9.66. The summed E-state index contributed by atoms with van der Waals surface area (Å²) in [4.78, 5) is 4.50. The van der Waals surface area contributed by atoms with Crippen molar-refractivity contribution in [1.82, 2.24) is 10.6 Å². The Hall–Kier alpha value is -0.850. The number of hydrogen-bond donors (Lipinski definition) is 2. The Morgan fingerprint density at radius 3 is 2.71 bits per heavy atom. The van der Waals surface area contributed by atoms with Crippen LogP contribution in [0.4, 0.5) is 0 Å². The Bertz CT molecular complexity index is 269. The molecular formula is C15H31N3O3. The van der Waals surface area contributed by atoms with E-state index in [-0.39, 0.29) is 0 Å². The molecule has 1 aliphatic rings. The fraction of sp³-hybridized carbons (Fsp3) is 0.933. The first-order chi connectivity index (χ1) is 10.4. The summed E-state index contributed by atoms with van der Waals surface area (Å²) in [7, 11) is 1.71. The van der Waals surface area contributed by atoms with Crippen molar-refractivity contribution in [3.63, 3.8) is 0 Å². The minimum Gasteiger partial charge on any atom is -0.385 e. The van der Waals surface area contributed by atoms with E-state index in [2.05, 4.69) is 22.5 Å². The minimum atomic E-state index is 0.384. The van der Waals surface area contributed by atoms with Crippen molar-refractivity contribution in [2.75, 3.05) is 53.2 Å². The van der Waals surface area contributed by atoms with Crippen molar-refractivity contribution >= 4 is 5.96 Å². The predicted octanol–water partition coefficient (Wildman–Crippen LogP) is 1.16. The Morgan fingerprint density at radius 2 is 2.00 bits per heavy atom. The zero-order chi connectivity index (χ0) is 15.2. The molecule has 0 amide bonds. The van der Waals surface area contributed by atoms with Gasteiger partial charge in [0.15, 0.2) is 5.96 Å². The first-order valence-corrected chi connectivity index (χ1v) is 8.07. The number of methoxy groups -OCH3 is 1. The SMILES string of the molecule is CCNC(=NCCCOC)NCCCOC1CCOCC1. The van der Waals surface area contributed by atoms with Crippen LogP contribution in [-0.4, -0.2) is 65.2 Å². The first kappa shape index (κ1) is 18.2. The van der Waals surface area contributed by atoms with Crippen LogP contribution in [0.15, 0.2) is 4.99 Å². The lowest BCUT2D eigenvalue weighted by molar-refractivity contribution is -0.0320. The van der Waals surface area contributed by atoms with E-state index >= 15 is 0 Å². The highest BCUT2D eigenvalue weighted by atomic mass is 16.5. The number of nitrogens with zero attached hydrogens (tertiary/aromatic N) is 1. The third-order valence-corrected chi connectivity index (χ3v) is 3.26. The van der Waals surface area contributed by atoms with Gasteiger partial charge < -0.3 is 24.8 Å². The average molecular weight is 301 g/mol. The van der Waals surface area contributed by atoms with Crippen molar-refractivity contribution in [2.24, 2.45) is 4.99 Å². The van der Waals surface area contributed by atoms with E-state index in [1.165, 1.54) is 0 Å². The zero-order valence-corrected chi connectivity index (χ0v) is 13.5. The quantitative estimate of drug-likeness (QED) is 0.360. The smallest absolute Gasteiger partial charge is 0.191 e. The minimum absolute atomic E-state index is 0.384. The van der Waals surface area contributed by atoms with Gasteiger partial charge in [0.2, 0.25) is 0 Å². The summed E-state index contributed by atoms with van der Waals surface area (Å²) in [6, 6.07) is 0. The van der Waals surface area contributed by atoms with Gasteiger partial charge in [0.05, 0.1) is 6.10 Å². The zero-order valence-electron chi connectivity index (χ0n) is 13.5. The summed E-state index contributed by atoms with van der Waals surface area (Å²) in [6.07, 6.45) is 4.36. The molecule has 1 heterocycles. The van der Waals surface area contributed by atoms with Gasteiger partial charge in [-0.25, -0.2) is 0 Å². The number of nitrogens with one attached hydrogen (secondary N) is 2. The maximum atomic E-state index is 5.84. The second-order valence-corrected chi connectivity index (χ2v) is 5.07. The molecular weight excluding hydrogens is 270 g/mol. The molecule has 0 atom stereocenters. The van der Waals surface area contributed by atoms with Crippen LogP contribution in [0.1, 0.15) is 32.6 Å². The number of rotatable bonds is 10. The highest BCUT2D eigenvalue weighted by Crippen LogP contribution is 2.10. The van der Waals surface area contributed by atoms with Gasteiger partial charge in [-0.3, -0.25) is 4.99 Å². The van der Waals surface area contributed by atoms with Gasteiger partial charge in [-0.2, -0.15) is 0 Å². The molecule has 0 saturated carbocycles. The standard InChI is InChI=1S/C15H31N3O3/c1-3-16-15(17-8-4-10-19-2)18-9-5-11-21-14-6-12-20-13-7-14/h14H,3-13H2,1-2H3,(H2,16,17,18). The molecule has 124 valence electrons. The summed E-state index contributed by atoms with van der Waals surface area (Å²) in [5.41, 5.74) is 0. The molecule has 0 radical (unpaired) electrons. The lowest BCUT2D eigenvalue weighted by Gasteiger charge is -2.22. The Kier molecular flexibility index (Phi) is 11.1. The summed E-state index contributed by atoms with van der Waals surface area (Å²) < 4.78 is 16.2. The van der Waals surface area contributed by atoms with Gasteiger partial charge in [0.25, 0.3) is 0 Å². The van der Waals surface area contributed by atoms with Crippen LogP contribution in [-0.2, 0) is 14.2 Å². The molecule has 1 aliphatic heterocycles. The number of ether oxygens (including phenoxy) is 3. The lowest BCUT2D eigenvalue weighted by Crippen LogP contribution is -2.38. The van der Waals surface area contributed by atoms with Gasteiger partial charge >= 0.3 is 0 Å². The number of aliphatic imine (C=N–C) groups is 1. The van der Waals surface area contributed by atoms with Gasteiger partial charge in [-0.15, -0.1) is 0 Å². The molecule has 2 N–H and O–H groups in total. The molecule has 6 nitrogen and oxygen atoms in total. The van der Waals surface area contributed by atoms with Crippen molar-refractivity contribution < 1.29 is 14.2 Å². The first-order valence-electron chi connectivity index (χ1n) is 8.07. The highest BCUT2D eigenvalue weighted by molar-refractivity contribution is 5.79. The van der Waals surface area contributed by atoms with Gasteiger partial charge in [0, 0.05) is 53.2 Å². The fourth-order valence-corrected chi connectivity index (χ4v) is 2.11. The molecule has 0 aliphatic carbocycles. The average Bonchev–Trinajstić information content (AvgIpc) is 2.52. The Balaban J connectivity index is 2.05. The van der Waals surface area contributed by atoms with E-state index in [1.807, 2.05) is 0 Å². The summed E-state index contributed by atoms with van der Waals surface area (Å²) in [5.74, 6) is 0.875. The van der Waals surface area contributed by atoms with Gasteiger partial charge in [0.1, 0.15) is 0 Å². The molecule has 0 spiro atoms. The van der Waals surface area contributed by atoms with Crippen LogP contribution < -0.4 is 10.6 Å². The van der Waals surface area contributed by atoms with Crippen LogP contribution in [0.25, 0.3) is 0 Å². The van der Waals surface area contributed by atoms with Crippen molar-refractivity contribution in [2.45, 2.75) is 38.7 Å². The van der Waals surface area contributed by atoms with Crippen molar-refractivity contribution in [1.29, 1.82) is 0 Å². The summed E-state index contributed by atoms with van der Waals surface area (Å²) >= 11 is 0. The maximum Gasteiger partial charge on any atom is 0.191 e. The summed E-state index contributed by atoms with van der Waals surface area (Å²) in [6.45, 7) is 7.81. The predicted molar refractivity (Wildman–Crippen MR) is 84.9 cm³/mol. The van der Waals surface area contributed by atoms with Crippen molar-refractivity contribution in [3.8, 4) is 0 Å². The highest BCUT2D eigenvalue weighted by Gasteiger charge is 2.13. The van der Waals surface area contributed by atoms with E-state index < -0.39 is 0 Å². The van der Waals surface area contributed by atoms with Crippen LogP contribution in [0.5, 0.6) is 0 Å². The molecule has 0 aromatic rings. The second kappa shape index (κ2) is 12.9. The van der Waals surface area contributed by atoms with Gasteiger partial charge in [-0.1, -0.05) is 0 Å². The largest absolute Gasteiger partial charge is 0.385 e. The summed E-state index contributed by atoms with van der Waals surface area (Å²) in [5, 5.41) is 6.57. The number of guanidine groups is 1. The number of hydrogen-bond acceptors (Lipinski definition) is 4. The van der Waals surface area contributed by atoms with Crippen LogP contribution in [0.3, 0.4) is 0 Å². The molecule has 0 aromatic carbocycles. The molecule has 0 bridgehead atoms. The van der Waals surface area contributed by atoms with Crippen LogP contribution >= 0.6 is 0 Å². The lowest BCUT2D eigenvalue weighted by atomic mass is 10.1. The molecule has 1 saturated heterocycles. The normalized spacial score (nSPS) is 17.0. The van der Waals surface area contributed by atoms with E-state index in [4.69, 9.17) is 14.2 Å². The molecule has 1 fully saturated rings. The molecule has 6 heteroatoms. The monoisotopic (exact) mass is 301 g/mol. The van der Waals surface area contributed by atoms with E-state index in [0.717, 1.165) is 77.7 Å². The fourth-order valence-electron chi connectivity index (χ4n) is 2.11. The van der Waals surface area contributed by atoms with E-state index in [1.54, 1.807) is 7.11 Å². The topological polar surface area (TPSA) is 64.1 Å². The molecule has 0 unspecified atom stereocenters. The van der Waals surface area contributed by atoms with Crippen molar-refractivity contribution in [3.05, 3.63) is 0 Å². The van der Waals surface area contributed by atoms with E-state index in [9.17, 15) is 0 Å². The second-order valence-electron chi connectivity index (χ2n) is 5.07. The van der Waals surface area contributed by atoms with Gasteiger partial charge in [-0.05, 0) is 32.6 Å². The molecule has 1 rings (SSSR count). The van der Waals surface area contributed by atoms with E-state index in [0.29, 0.717) is 6.10 Å². The maximum absolute atomic E-state index is 5.84. The molecule has 21 heavy (non-hydrogen) atoms.